The number of carboxylic acid groups (broad SMARTS) is 1. The molecule has 0 saturated heterocycles. The Balaban J connectivity index is 2.57. The average Bonchev–Trinajstić information content (AvgIpc) is 2.40. The van der Waals surface area contributed by atoms with Gasteiger partial charge in [0.25, 0.3) is 0 Å². The molecule has 0 radical (unpaired) electrons. The van der Waals surface area contributed by atoms with Crippen LogP contribution in [0.5, 0.6) is 5.75 Å². The molecule has 0 unspecified atom stereocenters. The number of hydrogen-bond acceptors (Lipinski definition) is 4. The highest BCUT2D eigenvalue weighted by Crippen LogP contribution is 2.11. The van der Waals surface area contributed by atoms with E-state index in [1.54, 1.807) is 12.1 Å². The third kappa shape index (κ3) is 4.89. The van der Waals surface area contributed by atoms with Crippen molar-refractivity contribution in [2.24, 2.45) is 5.73 Å². The molecule has 6 nitrogen and oxygen atoms in total. The zero-order valence-electron chi connectivity index (χ0n) is 11.4. The zero-order chi connectivity index (χ0) is 15.1. The summed E-state index contributed by atoms with van der Waals surface area (Å²) in [5, 5.41) is 20.6. The third-order valence-electron chi connectivity index (χ3n) is 2.92. The number of carboxylic acids is 1. The van der Waals surface area contributed by atoms with Crippen molar-refractivity contribution < 1.29 is 19.8 Å². The standard InChI is InChI=1S/C14H20N2O4/c1-2-3-12(14(19)20)16-13(18)11(15)8-9-4-6-10(17)7-5-9/h4-7,11-12,17H,2-3,8,15H2,1H3,(H,16,18)(H,19,20)/t11-,12+/m1/s1. The smallest absolute Gasteiger partial charge is 0.326 e. The minimum atomic E-state index is -1.06. The Hall–Kier alpha value is -2.08. The lowest BCUT2D eigenvalue weighted by Crippen LogP contribution is -2.49. The van der Waals surface area contributed by atoms with Crippen molar-refractivity contribution in [1.82, 2.24) is 5.32 Å². The lowest BCUT2D eigenvalue weighted by atomic mass is 10.0. The summed E-state index contributed by atoms with van der Waals surface area (Å²) in [6, 6.07) is 4.64. The number of hydrogen-bond donors (Lipinski definition) is 4. The Kier molecular flexibility index (Phi) is 5.99. The van der Waals surface area contributed by atoms with Gasteiger partial charge in [-0.15, -0.1) is 0 Å². The van der Waals surface area contributed by atoms with Crippen LogP contribution in [0.2, 0.25) is 0 Å². The van der Waals surface area contributed by atoms with E-state index in [2.05, 4.69) is 5.32 Å². The van der Waals surface area contributed by atoms with E-state index in [-0.39, 0.29) is 12.2 Å². The molecule has 1 amide bonds. The number of aromatic hydroxyl groups is 1. The molecule has 20 heavy (non-hydrogen) atoms. The Morgan fingerprint density at radius 3 is 2.40 bits per heavy atom. The lowest BCUT2D eigenvalue weighted by molar-refractivity contribution is -0.142. The second-order valence-corrected chi connectivity index (χ2v) is 4.67. The highest BCUT2D eigenvalue weighted by atomic mass is 16.4. The Labute approximate surface area is 117 Å². The van der Waals surface area contributed by atoms with Crippen molar-refractivity contribution in [3.63, 3.8) is 0 Å². The molecular formula is C14H20N2O4. The highest BCUT2D eigenvalue weighted by Gasteiger charge is 2.22. The Morgan fingerprint density at radius 1 is 1.30 bits per heavy atom. The predicted octanol–water partition coefficient (Wildman–Crippen LogP) is 0.631. The summed E-state index contributed by atoms with van der Waals surface area (Å²) in [6.45, 7) is 1.85. The maximum atomic E-state index is 11.9. The molecule has 0 heterocycles. The molecule has 0 aliphatic rings. The van der Waals surface area contributed by atoms with Gasteiger partial charge >= 0.3 is 5.97 Å². The van der Waals surface area contributed by atoms with Gasteiger partial charge in [-0.2, -0.15) is 0 Å². The van der Waals surface area contributed by atoms with Gasteiger partial charge < -0.3 is 21.3 Å². The molecule has 110 valence electrons. The quantitative estimate of drug-likeness (QED) is 0.585. The van der Waals surface area contributed by atoms with E-state index in [0.717, 1.165) is 5.56 Å². The predicted molar refractivity (Wildman–Crippen MR) is 74.3 cm³/mol. The molecule has 0 saturated carbocycles. The van der Waals surface area contributed by atoms with Gasteiger partial charge in [0.1, 0.15) is 11.8 Å². The molecule has 0 spiro atoms. The summed E-state index contributed by atoms with van der Waals surface area (Å²) in [5.74, 6) is -1.41. The van der Waals surface area contributed by atoms with Gasteiger partial charge in [-0.1, -0.05) is 25.5 Å². The molecule has 0 fully saturated rings. The van der Waals surface area contributed by atoms with E-state index < -0.39 is 24.0 Å². The topological polar surface area (TPSA) is 113 Å². The second-order valence-electron chi connectivity index (χ2n) is 4.67. The molecule has 1 aromatic rings. The van der Waals surface area contributed by atoms with E-state index in [0.29, 0.717) is 12.8 Å². The van der Waals surface area contributed by atoms with Gasteiger partial charge in [-0.05, 0) is 30.5 Å². The van der Waals surface area contributed by atoms with Gasteiger partial charge in [0.2, 0.25) is 5.91 Å². The minimum absolute atomic E-state index is 0.139. The van der Waals surface area contributed by atoms with Gasteiger partial charge in [0.05, 0.1) is 6.04 Å². The van der Waals surface area contributed by atoms with Crippen LogP contribution in [0, 0.1) is 0 Å². The highest BCUT2D eigenvalue weighted by molar-refractivity contribution is 5.86. The summed E-state index contributed by atoms with van der Waals surface area (Å²) in [4.78, 5) is 22.8. The largest absolute Gasteiger partial charge is 0.508 e. The van der Waals surface area contributed by atoms with Crippen LogP contribution in [-0.2, 0) is 16.0 Å². The van der Waals surface area contributed by atoms with Crippen LogP contribution in [0.25, 0.3) is 0 Å². The van der Waals surface area contributed by atoms with Crippen molar-refractivity contribution in [2.75, 3.05) is 0 Å². The van der Waals surface area contributed by atoms with Crippen LogP contribution in [0.3, 0.4) is 0 Å². The molecule has 0 aliphatic heterocycles. The number of nitrogens with one attached hydrogen (secondary N) is 1. The first kappa shape index (κ1) is 16.0. The van der Waals surface area contributed by atoms with Crippen molar-refractivity contribution in [1.29, 1.82) is 0 Å². The van der Waals surface area contributed by atoms with Crippen LogP contribution in [-0.4, -0.2) is 34.2 Å². The van der Waals surface area contributed by atoms with Crippen LogP contribution < -0.4 is 11.1 Å². The van der Waals surface area contributed by atoms with Gasteiger partial charge in [0.15, 0.2) is 0 Å². The summed E-state index contributed by atoms with van der Waals surface area (Å²) in [7, 11) is 0. The van der Waals surface area contributed by atoms with Crippen molar-refractivity contribution in [3.05, 3.63) is 29.8 Å². The van der Waals surface area contributed by atoms with E-state index >= 15 is 0 Å². The summed E-state index contributed by atoms with van der Waals surface area (Å²) in [6.07, 6.45) is 1.31. The van der Waals surface area contributed by atoms with E-state index in [4.69, 9.17) is 15.9 Å². The monoisotopic (exact) mass is 280 g/mol. The van der Waals surface area contributed by atoms with Gasteiger partial charge in [-0.25, -0.2) is 4.79 Å². The van der Waals surface area contributed by atoms with E-state index in [1.165, 1.54) is 12.1 Å². The average molecular weight is 280 g/mol. The normalized spacial score (nSPS) is 13.5. The fourth-order valence-corrected chi connectivity index (χ4v) is 1.80. The zero-order valence-corrected chi connectivity index (χ0v) is 11.4. The number of phenols is 1. The molecular weight excluding hydrogens is 260 g/mol. The maximum Gasteiger partial charge on any atom is 0.326 e. The lowest BCUT2D eigenvalue weighted by Gasteiger charge is -2.17. The maximum absolute atomic E-state index is 11.9. The number of carbonyl (C=O) groups is 2. The second kappa shape index (κ2) is 7.49. The third-order valence-corrected chi connectivity index (χ3v) is 2.92. The molecule has 1 aromatic carbocycles. The minimum Gasteiger partial charge on any atom is -0.508 e. The summed E-state index contributed by atoms with van der Waals surface area (Å²) >= 11 is 0. The molecule has 6 heteroatoms. The van der Waals surface area contributed by atoms with E-state index in [9.17, 15) is 9.59 Å². The number of carbonyl (C=O) groups excluding carboxylic acids is 1. The fourth-order valence-electron chi connectivity index (χ4n) is 1.80. The SMILES string of the molecule is CCC[C@H](NC(=O)[C@H](N)Cc1ccc(O)cc1)C(=O)O. The first-order valence-corrected chi connectivity index (χ1v) is 6.50. The molecule has 5 N–H and O–H groups in total. The van der Waals surface area contributed by atoms with Crippen LogP contribution in [0.15, 0.2) is 24.3 Å². The summed E-state index contributed by atoms with van der Waals surface area (Å²) < 4.78 is 0. The van der Waals surface area contributed by atoms with Crippen LogP contribution >= 0.6 is 0 Å². The van der Waals surface area contributed by atoms with Gasteiger partial charge in [-0.3, -0.25) is 4.79 Å². The molecule has 0 aromatic heterocycles. The van der Waals surface area contributed by atoms with Crippen LogP contribution in [0.1, 0.15) is 25.3 Å². The molecule has 0 aliphatic carbocycles. The number of amides is 1. The number of rotatable bonds is 7. The Bertz CT molecular complexity index is 459. The molecule has 1 rings (SSSR count). The fraction of sp³-hybridized carbons (Fsp3) is 0.429. The number of aliphatic carboxylic acids is 1. The first-order chi connectivity index (χ1) is 9.43. The number of benzene rings is 1. The van der Waals surface area contributed by atoms with Gasteiger partial charge in [0, 0.05) is 0 Å². The number of nitrogens with two attached hydrogens (primary N) is 1. The van der Waals surface area contributed by atoms with Crippen molar-refractivity contribution in [3.8, 4) is 5.75 Å². The van der Waals surface area contributed by atoms with Crippen molar-refractivity contribution >= 4 is 11.9 Å². The Morgan fingerprint density at radius 2 is 1.90 bits per heavy atom. The van der Waals surface area contributed by atoms with E-state index in [1.807, 2.05) is 6.92 Å². The molecule has 2 atom stereocenters. The van der Waals surface area contributed by atoms with Crippen molar-refractivity contribution in [2.45, 2.75) is 38.3 Å². The molecule has 0 bridgehead atoms. The first-order valence-electron chi connectivity index (χ1n) is 6.50. The number of phenolic OH excluding ortho intramolecular Hbond substituents is 1. The summed E-state index contributed by atoms with van der Waals surface area (Å²) in [5.41, 5.74) is 6.56. The van der Waals surface area contributed by atoms with Crippen LogP contribution in [0.4, 0.5) is 0 Å².